The van der Waals surface area contributed by atoms with Gasteiger partial charge in [0, 0.05) is 24.3 Å². The average molecular weight is 797 g/mol. The minimum absolute atomic E-state index is 0.163. The van der Waals surface area contributed by atoms with Crippen molar-refractivity contribution in [3.8, 4) is 0 Å². The van der Waals surface area contributed by atoms with E-state index in [4.69, 9.17) is 9.47 Å². The monoisotopic (exact) mass is 797 g/mol. The Balaban J connectivity index is 4.14. The van der Waals surface area contributed by atoms with Gasteiger partial charge in [0.2, 0.25) is 11.8 Å². The van der Waals surface area contributed by atoms with Crippen LogP contribution in [0.2, 0.25) is 0 Å². The number of carbonyl (C=O) groups is 4. The Labute approximate surface area is 339 Å². The minimum Gasteiger partial charge on any atom is -0.467 e. The Kier molecular flexibility index (Phi) is 39.3. The summed E-state index contributed by atoms with van der Waals surface area (Å²) in [7, 11) is 5.32. The fourth-order valence-corrected chi connectivity index (χ4v) is 8.40. The molecule has 0 aliphatic rings. The van der Waals surface area contributed by atoms with Crippen LogP contribution < -0.4 is 10.6 Å². The summed E-state index contributed by atoms with van der Waals surface area (Å²) >= 11 is 0. The predicted octanol–water partition coefficient (Wildman–Crippen LogP) is 11.8. The number of esters is 2. The van der Waals surface area contributed by atoms with E-state index < -0.39 is 24.0 Å². The fraction of sp³-hybridized carbons (Fsp3) is 0.818. The van der Waals surface area contributed by atoms with Crippen molar-refractivity contribution in [3.05, 3.63) is 24.3 Å². The Bertz CT molecular complexity index is 901. The number of hydrogen-bond acceptors (Lipinski definition) is 8. The number of nitrogens with one attached hydrogen (secondary N) is 2. The molecule has 0 aliphatic heterocycles. The molecule has 54 heavy (non-hydrogen) atoms. The maximum absolute atomic E-state index is 12.6. The first kappa shape index (κ1) is 52.1. The molecule has 0 saturated carbocycles. The van der Waals surface area contributed by atoms with Crippen LogP contribution in [0.1, 0.15) is 194 Å². The van der Waals surface area contributed by atoms with Gasteiger partial charge in [-0.1, -0.05) is 162 Å². The zero-order valence-electron chi connectivity index (χ0n) is 34.9. The standard InChI is InChI=1S/C44H80N2O6S2/c1-5-7-9-11-13-15-17-19-21-23-25-27-29-31-33-35-41(47)45-39(43(49)51-3)37-53-54-38-40(44(50)52-4)46-42(48)36-34-32-30-28-26-24-22-20-18-16-14-12-10-8-6-2/h19-22,39-40H,5-18,23-38H2,1-4H3,(H,45,47)(H,46,48)/b21-19-,22-20-/t39-,40-/m0/s1. The number of rotatable bonds is 39. The second-order valence-corrected chi connectivity index (χ2v) is 17.1. The molecule has 0 spiro atoms. The highest BCUT2D eigenvalue weighted by atomic mass is 33.1. The topological polar surface area (TPSA) is 111 Å². The summed E-state index contributed by atoms with van der Waals surface area (Å²) in [5, 5.41) is 5.62. The third-order valence-corrected chi connectivity index (χ3v) is 11.9. The van der Waals surface area contributed by atoms with Gasteiger partial charge >= 0.3 is 11.9 Å². The molecule has 0 aromatic rings. The number of carbonyl (C=O) groups excluding carboxylic acids is 4. The first-order valence-corrected chi connectivity index (χ1v) is 24.2. The van der Waals surface area contributed by atoms with E-state index >= 15 is 0 Å². The predicted molar refractivity (Wildman–Crippen MR) is 232 cm³/mol. The lowest BCUT2D eigenvalue weighted by Crippen LogP contribution is -2.44. The van der Waals surface area contributed by atoms with Crippen molar-refractivity contribution < 1.29 is 28.7 Å². The van der Waals surface area contributed by atoms with Gasteiger partial charge in [-0.25, -0.2) is 9.59 Å². The van der Waals surface area contributed by atoms with Crippen LogP contribution in [0.15, 0.2) is 24.3 Å². The SMILES string of the molecule is CCCCCCCC/C=C\CCCCCCCC(=O)N[C@@H](CSSC[C@H](NC(=O)CCCCCCC/C=C\CCCCCCCC)C(=O)OC)C(=O)OC. The molecular formula is C44H80N2O6S2. The first-order valence-electron chi connectivity index (χ1n) is 21.7. The number of allylic oxidation sites excluding steroid dienone is 4. The van der Waals surface area contributed by atoms with Crippen LogP contribution in [-0.4, -0.2) is 61.6 Å². The molecule has 0 aromatic carbocycles. The van der Waals surface area contributed by atoms with Gasteiger partial charge in [-0.15, -0.1) is 0 Å². The molecule has 8 nitrogen and oxygen atoms in total. The molecule has 2 atom stereocenters. The lowest BCUT2D eigenvalue weighted by Gasteiger charge is -2.18. The Morgan fingerprint density at radius 3 is 1.02 bits per heavy atom. The van der Waals surface area contributed by atoms with Crippen molar-refractivity contribution in [1.82, 2.24) is 10.6 Å². The minimum atomic E-state index is -0.782. The highest BCUT2D eigenvalue weighted by Crippen LogP contribution is 2.24. The number of methoxy groups -OCH3 is 2. The summed E-state index contributed by atoms with van der Waals surface area (Å²) in [5.74, 6) is -0.760. The van der Waals surface area contributed by atoms with Crippen LogP contribution in [-0.2, 0) is 28.7 Å². The van der Waals surface area contributed by atoms with Crippen molar-refractivity contribution in [2.24, 2.45) is 0 Å². The van der Waals surface area contributed by atoms with E-state index in [1.54, 1.807) is 0 Å². The van der Waals surface area contributed by atoms with Crippen LogP contribution in [0.5, 0.6) is 0 Å². The van der Waals surface area contributed by atoms with Gasteiger partial charge in [-0.05, 0) is 64.2 Å². The fourth-order valence-electron chi connectivity index (χ4n) is 6.10. The third-order valence-electron chi connectivity index (χ3n) is 9.53. The number of ether oxygens (including phenoxy) is 2. The number of amides is 2. The van der Waals surface area contributed by atoms with Crippen molar-refractivity contribution in [3.63, 3.8) is 0 Å². The summed E-state index contributed by atoms with van der Waals surface area (Å²) in [6, 6.07) is -1.56. The van der Waals surface area contributed by atoms with E-state index in [1.807, 2.05) is 0 Å². The molecule has 0 heterocycles. The second-order valence-electron chi connectivity index (χ2n) is 14.5. The van der Waals surface area contributed by atoms with Crippen molar-refractivity contribution >= 4 is 45.3 Å². The molecule has 0 bridgehead atoms. The van der Waals surface area contributed by atoms with Gasteiger partial charge in [0.15, 0.2) is 0 Å². The summed E-state index contributed by atoms with van der Waals surface area (Å²) in [4.78, 5) is 49.9. The lowest BCUT2D eigenvalue weighted by atomic mass is 10.1. The molecule has 2 amide bonds. The largest absolute Gasteiger partial charge is 0.467 e. The second kappa shape index (κ2) is 40.7. The van der Waals surface area contributed by atoms with E-state index in [0.29, 0.717) is 12.8 Å². The lowest BCUT2D eigenvalue weighted by molar-refractivity contribution is -0.144. The van der Waals surface area contributed by atoms with Crippen LogP contribution in [0, 0.1) is 0 Å². The average Bonchev–Trinajstić information content (AvgIpc) is 3.17. The maximum atomic E-state index is 12.6. The Hall–Kier alpha value is -1.94. The van der Waals surface area contributed by atoms with Gasteiger partial charge in [0.25, 0.3) is 0 Å². The summed E-state index contributed by atoms with van der Waals surface area (Å²) in [5.41, 5.74) is 0. The summed E-state index contributed by atoms with van der Waals surface area (Å²) in [6.45, 7) is 4.50. The molecule has 0 saturated heterocycles. The quantitative estimate of drug-likeness (QED) is 0.0274. The van der Waals surface area contributed by atoms with E-state index in [0.717, 1.165) is 64.2 Å². The van der Waals surface area contributed by atoms with E-state index in [9.17, 15) is 19.2 Å². The molecule has 314 valence electrons. The van der Waals surface area contributed by atoms with Gasteiger partial charge in [0.1, 0.15) is 12.1 Å². The van der Waals surface area contributed by atoms with Gasteiger partial charge in [0.05, 0.1) is 14.2 Å². The summed E-state index contributed by atoms with van der Waals surface area (Å²) in [6.07, 6.45) is 41.1. The highest BCUT2D eigenvalue weighted by molar-refractivity contribution is 8.76. The van der Waals surface area contributed by atoms with E-state index in [-0.39, 0.29) is 23.3 Å². The van der Waals surface area contributed by atoms with Crippen LogP contribution in [0.3, 0.4) is 0 Å². The molecule has 10 heteroatoms. The molecule has 0 fully saturated rings. The molecule has 0 rings (SSSR count). The molecule has 0 unspecified atom stereocenters. The van der Waals surface area contributed by atoms with Crippen LogP contribution in [0.4, 0.5) is 0 Å². The third kappa shape index (κ3) is 34.5. The van der Waals surface area contributed by atoms with Gasteiger partial charge in [-0.2, -0.15) is 0 Å². The smallest absolute Gasteiger partial charge is 0.329 e. The zero-order chi connectivity index (χ0) is 39.7. The first-order chi connectivity index (χ1) is 26.4. The highest BCUT2D eigenvalue weighted by Gasteiger charge is 2.24. The van der Waals surface area contributed by atoms with Gasteiger partial charge in [-0.3, -0.25) is 9.59 Å². The normalized spacial score (nSPS) is 12.6. The van der Waals surface area contributed by atoms with Crippen LogP contribution >= 0.6 is 21.6 Å². The molecule has 2 N–H and O–H groups in total. The zero-order valence-corrected chi connectivity index (χ0v) is 36.6. The Morgan fingerprint density at radius 2 is 0.722 bits per heavy atom. The molecule has 0 aliphatic carbocycles. The van der Waals surface area contributed by atoms with Gasteiger partial charge < -0.3 is 20.1 Å². The number of hydrogen-bond donors (Lipinski definition) is 2. The van der Waals surface area contributed by atoms with Crippen molar-refractivity contribution in [2.45, 2.75) is 206 Å². The van der Waals surface area contributed by atoms with Crippen molar-refractivity contribution in [2.75, 3.05) is 25.7 Å². The molecule has 0 radical (unpaired) electrons. The van der Waals surface area contributed by atoms with Crippen LogP contribution in [0.25, 0.3) is 0 Å². The number of unbranched alkanes of at least 4 members (excludes halogenated alkanes) is 22. The maximum Gasteiger partial charge on any atom is 0.329 e. The molecule has 0 aromatic heterocycles. The van der Waals surface area contributed by atoms with E-state index in [2.05, 4.69) is 48.8 Å². The summed E-state index contributed by atoms with van der Waals surface area (Å²) < 4.78 is 9.84. The Morgan fingerprint density at radius 1 is 0.444 bits per heavy atom. The van der Waals surface area contributed by atoms with Crippen molar-refractivity contribution in [1.29, 1.82) is 0 Å². The van der Waals surface area contributed by atoms with E-state index in [1.165, 1.54) is 139 Å². The molecular weight excluding hydrogens is 717 g/mol.